The van der Waals surface area contributed by atoms with E-state index in [9.17, 15) is 5.11 Å². The average Bonchev–Trinajstić information content (AvgIpc) is 2.61. The topological polar surface area (TPSA) is 20.2 Å². The summed E-state index contributed by atoms with van der Waals surface area (Å²) in [4.78, 5) is 0. The molecule has 0 radical (unpaired) electrons. The van der Waals surface area contributed by atoms with Gasteiger partial charge in [-0.3, -0.25) is 0 Å². The van der Waals surface area contributed by atoms with Gasteiger partial charge in [0.15, 0.2) is 0 Å². The van der Waals surface area contributed by atoms with Crippen LogP contribution >= 0.6 is 0 Å². The zero-order chi connectivity index (χ0) is 18.4. The summed E-state index contributed by atoms with van der Waals surface area (Å²) in [6.45, 7) is 11.3. The van der Waals surface area contributed by atoms with Crippen molar-refractivity contribution < 1.29 is 5.11 Å². The molecule has 1 heteroatoms. The van der Waals surface area contributed by atoms with E-state index in [2.05, 4.69) is 58.9 Å². The Morgan fingerprint density at radius 2 is 1.28 bits per heavy atom. The van der Waals surface area contributed by atoms with Gasteiger partial charge in [-0.05, 0) is 53.2 Å². The summed E-state index contributed by atoms with van der Waals surface area (Å²) >= 11 is 0. The Morgan fingerprint density at radius 3 is 1.84 bits per heavy atom. The maximum Gasteiger partial charge on any atom is 0.0818 e. The van der Waals surface area contributed by atoms with E-state index in [4.69, 9.17) is 0 Å². The number of aliphatic hydroxyl groups is 1. The van der Waals surface area contributed by atoms with Gasteiger partial charge in [-0.25, -0.2) is 0 Å². The quantitative estimate of drug-likeness (QED) is 0.619. The monoisotopic (exact) mass is 338 g/mol. The molecule has 1 nitrogen and oxygen atoms in total. The molecular formula is C24H34O. The predicted molar refractivity (Wildman–Crippen MR) is 108 cm³/mol. The highest BCUT2D eigenvalue weighted by atomic mass is 16.3. The van der Waals surface area contributed by atoms with E-state index in [0.717, 1.165) is 18.4 Å². The van der Waals surface area contributed by atoms with Crippen molar-refractivity contribution in [2.45, 2.75) is 53.6 Å². The lowest BCUT2D eigenvalue weighted by Gasteiger charge is -2.26. The fraction of sp³-hybridized carbons (Fsp3) is 0.500. The Morgan fingerprint density at radius 1 is 0.720 bits per heavy atom. The van der Waals surface area contributed by atoms with Crippen LogP contribution in [0.1, 0.15) is 57.4 Å². The fourth-order valence-electron chi connectivity index (χ4n) is 3.31. The molecule has 0 fully saturated rings. The highest BCUT2D eigenvalue weighted by molar-refractivity contribution is 5.25. The molecular weight excluding hydrogens is 304 g/mol. The Bertz CT molecular complexity index is 632. The summed E-state index contributed by atoms with van der Waals surface area (Å²) in [5.74, 6) is 2.06. The number of hydrogen-bond acceptors (Lipinski definition) is 1. The molecule has 0 spiro atoms. The Kier molecular flexibility index (Phi) is 7.25. The van der Waals surface area contributed by atoms with Crippen molar-refractivity contribution >= 4 is 0 Å². The molecule has 4 atom stereocenters. The second kappa shape index (κ2) is 9.20. The molecule has 0 amide bonds. The van der Waals surface area contributed by atoms with Gasteiger partial charge in [-0.2, -0.15) is 0 Å². The van der Waals surface area contributed by atoms with Crippen molar-refractivity contribution in [3.05, 3.63) is 71.3 Å². The normalized spacial score (nSPS) is 16.4. The van der Waals surface area contributed by atoms with Crippen LogP contribution in [0.5, 0.6) is 0 Å². The zero-order valence-electron chi connectivity index (χ0n) is 16.4. The lowest BCUT2D eigenvalue weighted by molar-refractivity contribution is 0.0872. The molecule has 2 aromatic carbocycles. The Hall–Kier alpha value is -1.60. The zero-order valence-corrected chi connectivity index (χ0v) is 16.4. The van der Waals surface area contributed by atoms with Crippen LogP contribution in [0.25, 0.3) is 0 Å². The summed E-state index contributed by atoms with van der Waals surface area (Å²) < 4.78 is 0. The molecule has 0 aliphatic heterocycles. The Labute approximate surface area is 154 Å². The van der Waals surface area contributed by atoms with E-state index in [1.54, 1.807) is 0 Å². The molecule has 0 heterocycles. The van der Waals surface area contributed by atoms with Gasteiger partial charge in [0.1, 0.15) is 0 Å². The van der Waals surface area contributed by atoms with Crippen LogP contribution in [-0.2, 0) is 12.8 Å². The number of rotatable bonds is 8. The molecule has 0 saturated carbocycles. The summed E-state index contributed by atoms with van der Waals surface area (Å²) in [7, 11) is 0. The summed E-state index contributed by atoms with van der Waals surface area (Å²) in [5.41, 5.74) is 3.83. The molecule has 1 N–H and O–H groups in total. The highest BCUT2D eigenvalue weighted by Crippen LogP contribution is 2.30. The van der Waals surface area contributed by atoms with Gasteiger partial charge in [0.25, 0.3) is 0 Å². The minimum Gasteiger partial charge on any atom is -0.388 e. The molecule has 25 heavy (non-hydrogen) atoms. The maximum absolute atomic E-state index is 10.7. The second-order valence-corrected chi connectivity index (χ2v) is 8.14. The van der Waals surface area contributed by atoms with Crippen LogP contribution in [0.2, 0.25) is 0 Å². The molecule has 0 aromatic heterocycles. The average molecular weight is 339 g/mol. The third-order valence-corrected chi connectivity index (χ3v) is 5.78. The minimum absolute atomic E-state index is 0.223. The van der Waals surface area contributed by atoms with Crippen molar-refractivity contribution in [1.29, 1.82) is 0 Å². The molecule has 2 unspecified atom stereocenters. The standard InChI is InChI=1S/C24H34O/c1-17(2)18(3)14-21-10-9-11-22(16-21)15-19(4)20(5)24(25)23-12-7-6-8-13-23/h6-13,16-20,24-25H,14-15H2,1-5H3/t18?,19?,20-,24-/m0/s1. The molecule has 2 aromatic rings. The van der Waals surface area contributed by atoms with Crippen LogP contribution in [0.3, 0.4) is 0 Å². The van der Waals surface area contributed by atoms with E-state index < -0.39 is 6.10 Å². The van der Waals surface area contributed by atoms with Crippen LogP contribution in [-0.4, -0.2) is 5.11 Å². The summed E-state index contributed by atoms with van der Waals surface area (Å²) in [5, 5.41) is 10.7. The third kappa shape index (κ3) is 5.71. The van der Waals surface area contributed by atoms with Crippen LogP contribution in [0, 0.1) is 23.7 Å². The van der Waals surface area contributed by atoms with Gasteiger partial charge in [0.2, 0.25) is 0 Å². The van der Waals surface area contributed by atoms with E-state index >= 15 is 0 Å². The Balaban J connectivity index is 2.01. The van der Waals surface area contributed by atoms with Crippen molar-refractivity contribution in [2.24, 2.45) is 23.7 Å². The number of aliphatic hydroxyl groups excluding tert-OH is 1. The van der Waals surface area contributed by atoms with Crippen molar-refractivity contribution in [2.75, 3.05) is 0 Å². The van der Waals surface area contributed by atoms with Crippen molar-refractivity contribution in [1.82, 2.24) is 0 Å². The van der Waals surface area contributed by atoms with Gasteiger partial charge in [-0.1, -0.05) is 89.2 Å². The predicted octanol–water partition coefficient (Wildman–Crippen LogP) is 6.07. The minimum atomic E-state index is -0.402. The van der Waals surface area contributed by atoms with Gasteiger partial charge in [-0.15, -0.1) is 0 Å². The first-order valence-electron chi connectivity index (χ1n) is 9.69. The lowest BCUT2D eigenvalue weighted by atomic mass is 9.83. The van der Waals surface area contributed by atoms with E-state index in [1.807, 2.05) is 30.3 Å². The van der Waals surface area contributed by atoms with E-state index in [1.165, 1.54) is 11.1 Å². The molecule has 2 rings (SSSR count). The largest absolute Gasteiger partial charge is 0.388 e. The van der Waals surface area contributed by atoms with Crippen LogP contribution < -0.4 is 0 Å². The third-order valence-electron chi connectivity index (χ3n) is 5.78. The fourth-order valence-corrected chi connectivity index (χ4v) is 3.31. The first-order valence-corrected chi connectivity index (χ1v) is 9.69. The van der Waals surface area contributed by atoms with Crippen LogP contribution in [0.15, 0.2) is 54.6 Å². The first kappa shape index (κ1) is 19.7. The van der Waals surface area contributed by atoms with Gasteiger partial charge < -0.3 is 5.11 Å². The molecule has 0 saturated heterocycles. The lowest BCUT2D eigenvalue weighted by Crippen LogP contribution is -2.19. The highest BCUT2D eigenvalue weighted by Gasteiger charge is 2.22. The van der Waals surface area contributed by atoms with Crippen molar-refractivity contribution in [3.8, 4) is 0 Å². The van der Waals surface area contributed by atoms with Gasteiger partial charge in [0, 0.05) is 0 Å². The molecule has 136 valence electrons. The molecule has 0 bridgehead atoms. The summed E-state index contributed by atoms with van der Waals surface area (Å²) in [6.07, 6.45) is 1.75. The van der Waals surface area contributed by atoms with Gasteiger partial charge >= 0.3 is 0 Å². The second-order valence-electron chi connectivity index (χ2n) is 8.14. The molecule has 0 aliphatic rings. The maximum atomic E-state index is 10.7. The van der Waals surface area contributed by atoms with Crippen molar-refractivity contribution in [3.63, 3.8) is 0 Å². The molecule has 0 aliphatic carbocycles. The number of benzene rings is 2. The SMILES string of the molecule is CC(C)C(C)Cc1cccc(CC(C)[C@H](C)[C@H](O)c2ccccc2)c1. The summed E-state index contributed by atoms with van der Waals surface area (Å²) in [6, 6.07) is 19.0. The first-order chi connectivity index (χ1) is 11.9. The number of hydrogen-bond donors (Lipinski definition) is 1. The van der Waals surface area contributed by atoms with E-state index in [-0.39, 0.29) is 5.92 Å². The van der Waals surface area contributed by atoms with E-state index in [0.29, 0.717) is 17.8 Å². The van der Waals surface area contributed by atoms with Crippen LogP contribution in [0.4, 0.5) is 0 Å². The smallest absolute Gasteiger partial charge is 0.0818 e. The van der Waals surface area contributed by atoms with Gasteiger partial charge in [0.05, 0.1) is 6.10 Å².